The number of pyridine rings is 1. The molecule has 6 nitrogen and oxygen atoms in total. The van der Waals surface area contributed by atoms with Gasteiger partial charge in [-0.15, -0.1) is 0 Å². The molecule has 1 N–H and O–H groups in total. The molecule has 0 spiro atoms. The molecule has 0 atom stereocenters. The lowest BCUT2D eigenvalue weighted by molar-refractivity contribution is 0.128. The van der Waals surface area contributed by atoms with Crippen LogP contribution in [0, 0.1) is 5.92 Å². The van der Waals surface area contributed by atoms with Gasteiger partial charge in [0.05, 0.1) is 5.52 Å². The zero-order chi connectivity index (χ0) is 24.7. The number of amides is 2. The zero-order valence-corrected chi connectivity index (χ0v) is 22.4. The summed E-state index contributed by atoms with van der Waals surface area (Å²) >= 11 is 6.66. The van der Waals surface area contributed by atoms with Crippen molar-refractivity contribution in [3.63, 3.8) is 0 Å². The number of carbonyl (C=O) groups is 1. The van der Waals surface area contributed by atoms with E-state index in [1.54, 1.807) is 0 Å². The first-order valence-electron chi connectivity index (χ1n) is 14.2. The summed E-state index contributed by atoms with van der Waals surface area (Å²) in [7, 11) is 0. The third kappa shape index (κ3) is 6.90. The highest BCUT2D eigenvalue weighted by molar-refractivity contribution is 6.30. The largest absolute Gasteiger partial charge is 0.335 e. The van der Waals surface area contributed by atoms with Crippen molar-refractivity contribution < 1.29 is 4.79 Å². The van der Waals surface area contributed by atoms with E-state index in [2.05, 4.69) is 38.3 Å². The number of halogens is 1. The summed E-state index contributed by atoms with van der Waals surface area (Å²) in [5.41, 5.74) is 2.07. The van der Waals surface area contributed by atoms with Crippen LogP contribution < -0.4 is 5.32 Å². The third-order valence-corrected chi connectivity index (χ3v) is 8.75. The highest BCUT2D eigenvalue weighted by Gasteiger charge is 2.27. The monoisotopic (exact) mass is 511 g/mol. The Kier molecular flexibility index (Phi) is 8.99. The number of fused-ring (bicyclic) bond motifs is 1. The lowest BCUT2D eigenvalue weighted by Crippen LogP contribution is -2.48. The maximum absolute atomic E-state index is 12.7. The van der Waals surface area contributed by atoms with Crippen LogP contribution in [0.3, 0.4) is 0 Å². The average Bonchev–Trinajstić information content (AvgIpc) is 3.42. The minimum absolute atomic E-state index is 0.149. The number of hydrogen-bond acceptors (Lipinski definition) is 4. The van der Waals surface area contributed by atoms with Crippen molar-refractivity contribution in [2.24, 2.45) is 5.92 Å². The molecule has 1 aromatic carbocycles. The number of aromatic nitrogens is 1. The van der Waals surface area contributed by atoms with Crippen molar-refractivity contribution in [2.75, 3.05) is 45.8 Å². The second-order valence-electron chi connectivity index (χ2n) is 11.1. The number of hydrogen-bond donors (Lipinski definition) is 1. The molecule has 2 saturated heterocycles. The van der Waals surface area contributed by atoms with Gasteiger partial charge in [0.25, 0.3) is 0 Å². The molecule has 2 aromatic rings. The van der Waals surface area contributed by atoms with Crippen LogP contribution in [0.4, 0.5) is 4.79 Å². The molecule has 2 amide bonds. The molecule has 2 aliphatic heterocycles. The van der Waals surface area contributed by atoms with Gasteiger partial charge in [-0.3, -0.25) is 4.90 Å². The van der Waals surface area contributed by atoms with E-state index in [0.29, 0.717) is 17.1 Å². The highest BCUT2D eigenvalue weighted by Crippen LogP contribution is 2.25. The van der Waals surface area contributed by atoms with Crippen LogP contribution in [0.1, 0.15) is 63.4 Å². The normalized spacial score (nSPS) is 20.4. The van der Waals surface area contributed by atoms with Crippen molar-refractivity contribution in [3.8, 4) is 0 Å². The van der Waals surface area contributed by atoms with Gasteiger partial charge in [0.2, 0.25) is 0 Å². The summed E-state index contributed by atoms with van der Waals surface area (Å²) in [6.07, 6.45) is 10.9. The fraction of sp³-hybridized carbons (Fsp3) is 0.655. The summed E-state index contributed by atoms with van der Waals surface area (Å²) in [4.78, 5) is 24.6. The van der Waals surface area contributed by atoms with Crippen molar-refractivity contribution in [3.05, 3.63) is 41.0 Å². The molecule has 3 fully saturated rings. The molecule has 36 heavy (non-hydrogen) atoms. The van der Waals surface area contributed by atoms with Gasteiger partial charge >= 0.3 is 6.03 Å². The SMILES string of the molecule is O=C(NC1CCCC1)N1CCC(CN(CCN2CCCCC2)Cc2cc3ccccc3nc2Cl)CC1. The molecular formula is C29H42ClN5O. The van der Waals surface area contributed by atoms with E-state index in [-0.39, 0.29) is 6.03 Å². The number of urea groups is 1. The topological polar surface area (TPSA) is 51.7 Å². The molecule has 1 aromatic heterocycles. The Balaban J connectivity index is 1.19. The van der Waals surface area contributed by atoms with Crippen LogP contribution >= 0.6 is 11.6 Å². The fourth-order valence-electron chi connectivity index (χ4n) is 6.21. The van der Waals surface area contributed by atoms with Crippen LogP contribution in [0.15, 0.2) is 30.3 Å². The predicted octanol–water partition coefficient (Wildman–Crippen LogP) is 5.54. The number of nitrogens with one attached hydrogen (secondary N) is 1. The first kappa shape index (κ1) is 25.7. The lowest BCUT2D eigenvalue weighted by Gasteiger charge is -2.36. The van der Waals surface area contributed by atoms with Crippen molar-refractivity contribution in [2.45, 2.75) is 70.4 Å². The van der Waals surface area contributed by atoms with Gasteiger partial charge in [-0.1, -0.05) is 49.1 Å². The zero-order valence-electron chi connectivity index (χ0n) is 21.6. The number of para-hydroxylation sites is 1. The van der Waals surface area contributed by atoms with Crippen LogP contribution in [0.2, 0.25) is 5.15 Å². The minimum atomic E-state index is 0.149. The Bertz CT molecular complexity index is 996. The molecule has 1 saturated carbocycles. The van der Waals surface area contributed by atoms with Crippen LogP contribution in [-0.4, -0.2) is 77.6 Å². The predicted molar refractivity (Wildman–Crippen MR) is 147 cm³/mol. The van der Waals surface area contributed by atoms with Gasteiger partial charge in [-0.25, -0.2) is 9.78 Å². The molecule has 1 aliphatic carbocycles. The number of carbonyl (C=O) groups excluding carboxylic acids is 1. The Hall–Kier alpha value is -1.89. The standard InChI is InChI=1S/C29H42ClN5O/c30-28-25(20-24-8-2-5-11-27(24)32-28)22-34(19-18-33-14-6-1-7-15-33)21-23-12-16-35(17-13-23)29(36)31-26-9-3-4-10-26/h2,5,8,11,20,23,26H,1,3-4,6-7,9-10,12-19,21-22H2,(H,31,36). The van der Waals surface area contributed by atoms with Gasteiger partial charge in [0, 0.05) is 56.3 Å². The minimum Gasteiger partial charge on any atom is -0.335 e. The second-order valence-corrected chi connectivity index (χ2v) is 11.5. The van der Waals surface area contributed by atoms with E-state index in [1.807, 2.05) is 17.0 Å². The smallest absolute Gasteiger partial charge is 0.317 e. The summed E-state index contributed by atoms with van der Waals surface area (Å²) in [5.74, 6) is 0.606. The summed E-state index contributed by atoms with van der Waals surface area (Å²) < 4.78 is 0. The van der Waals surface area contributed by atoms with Gasteiger partial charge < -0.3 is 15.1 Å². The van der Waals surface area contributed by atoms with E-state index in [1.165, 1.54) is 45.2 Å². The molecule has 7 heteroatoms. The molecule has 5 rings (SSSR count). The molecule has 3 heterocycles. The highest BCUT2D eigenvalue weighted by atomic mass is 35.5. The summed E-state index contributed by atoms with van der Waals surface area (Å²) in [6, 6.07) is 11.0. The van der Waals surface area contributed by atoms with E-state index < -0.39 is 0 Å². The number of benzene rings is 1. The van der Waals surface area contributed by atoms with E-state index in [4.69, 9.17) is 11.6 Å². The maximum Gasteiger partial charge on any atom is 0.317 e. The van der Waals surface area contributed by atoms with E-state index in [0.717, 1.165) is 81.4 Å². The number of likely N-dealkylation sites (tertiary alicyclic amines) is 2. The average molecular weight is 512 g/mol. The number of piperidine rings is 2. The molecule has 0 radical (unpaired) electrons. The molecule has 0 bridgehead atoms. The fourth-order valence-corrected chi connectivity index (χ4v) is 6.41. The Morgan fingerprint density at radius 2 is 1.75 bits per heavy atom. The van der Waals surface area contributed by atoms with Crippen LogP contribution in [-0.2, 0) is 6.54 Å². The molecular weight excluding hydrogens is 470 g/mol. The van der Waals surface area contributed by atoms with Crippen molar-refractivity contribution >= 4 is 28.5 Å². The Morgan fingerprint density at radius 1 is 1.00 bits per heavy atom. The van der Waals surface area contributed by atoms with Crippen molar-refractivity contribution in [1.29, 1.82) is 0 Å². The van der Waals surface area contributed by atoms with Gasteiger partial charge in [-0.05, 0) is 69.7 Å². The molecule has 3 aliphatic rings. The summed E-state index contributed by atoms with van der Waals surface area (Å²) in [6.45, 7) is 8.21. The Morgan fingerprint density at radius 3 is 2.53 bits per heavy atom. The van der Waals surface area contributed by atoms with Crippen LogP contribution in [0.25, 0.3) is 10.9 Å². The Labute approximate surface area is 221 Å². The second kappa shape index (κ2) is 12.6. The van der Waals surface area contributed by atoms with Gasteiger partial charge in [0.15, 0.2) is 0 Å². The number of rotatable bonds is 8. The molecule has 196 valence electrons. The molecule has 0 unspecified atom stereocenters. The van der Waals surface area contributed by atoms with E-state index in [9.17, 15) is 4.79 Å². The first-order valence-corrected chi connectivity index (χ1v) is 14.6. The maximum atomic E-state index is 12.7. The van der Waals surface area contributed by atoms with Gasteiger partial charge in [0.1, 0.15) is 5.15 Å². The summed E-state index contributed by atoms with van der Waals surface area (Å²) in [5, 5.41) is 5.03. The lowest BCUT2D eigenvalue weighted by atomic mass is 9.96. The van der Waals surface area contributed by atoms with E-state index >= 15 is 0 Å². The number of nitrogens with zero attached hydrogens (tertiary/aromatic N) is 4. The van der Waals surface area contributed by atoms with Crippen molar-refractivity contribution in [1.82, 2.24) is 25.0 Å². The van der Waals surface area contributed by atoms with Crippen LogP contribution in [0.5, 0.6) is 0 Å². The third-order valence-electron chi connectivity index (χ3n) is 8.43. The van der Waals surface area contributed by atoms with Gasteiger partial charge in [-0.2, -0.15) is 0 Å². The first-order chi connectivity index (χ1) is 17.6. The quantitative estimate of drug-likeness (QED) is 0.473.